The summed E-state index contributed by atoms with van der Waals surface area (Å²) in [4.78, 5) is 29.5. The van der Waals surface area contributed by atoms with Crippen LogP contribution in [0.15, 0.2) is 0 Å². The molecule has 0 saturated carbocycles. The van der Waals surface area contributed by atoms with Crippen LogP contribution in [0.1, 0.15) is 48.0 Å². The van der Waals surface area contributed by atoms with Gasteiger partial charge in [-0.05, 0) is 20.8 Å². The molecule has 0 aromatic heterocycles. The predicted molar refractivity (Wildman–Crippen MR) is 65.6 cm³/mol. The van der Waals surface area contributed by atoms with Gasteiger partial charge in [0, 0.05) is 20.3 Å². The number of carbonyl (C=O) groups is 3. The fourth-order valence-electron chi connectivity index (χ4n) is 0.407. The Labute approximate surface area is 103 Å². The molecule has 5 heteroatoms. The van der Waals surface area contributed by atoms with E-state index in [4.69, 9.17) is 0 Å². The molecule has 0 aromatic rings. The fourth-order valence-corrected chi connectivity index (χ4v) is 0.407. The lowest BCUT2D eigenvalue weighted by Gasteiger charge is -1.89. The summed E-state index contributed by atoms with van der Waals surface area (Å²) < 4.78 is 8.81. The van der Waals surface area contributed by atoms with Crippen molar-refractivity contribution in [2.45, 2.75) is 48.0 Å². The fraction of sp³-hybridized carbons (Fsp3) is 0.750. The van der Waals surface area contributed by atoms with E-state index in [2.05, 4.69) is 9.47 Å². The summed E-state index contributed by atoms with van der Waals surface area (Å²) in [6, 6.07) is 0. The van der Waals surface area contributed by atoms with Crippen LogP contribution in [-0.4, -0.2) is 30.9 Å². The summed E-state index contributed by atoms with van der Waals surface area (Å²) in [5, 5.41) is 0. The normalized spacial score (nSPS) is 7.65. The van der Waals surface area contributed by atoms with Crippen molar-refractivity contribution in [2.24, 2.45) is 0 Å². The van der Waals surface area contributed by atoms with E-state index in [9.17, 15) is 14.4 Å². The molecule has 0 aromatic carbocycles. The summed E-state index contributed by atoms with van der Waals surface area (Å²) in [7, 11) is 0. The first kappa shape index (κ1) is 21.0. The van der Waals surface area contributed by atoms with Gasteiger partial charge >= 0.3 is 11.9 Å². The van der Waals surface area contributed by atoms with Gasteiger partial charge in [-0.1, -0.05) is 6.92 Å². The molecular formula is C12H24O5. The Hall–Kier alpha value is -1.39. The number of ether oxygens (including phenoxy) is 2. The maximum Gasteiger partial charge on any atom is 0.302 e. The minimum atomic E-state index is -0.211. The van der Waals surface area contributed by atoms with Crippen molar-refractivity contribution in [3.63, 3.8) is 0 Å². The van der Waals surface area contributed by atoms with Gasteiger partial charge in [0.1, 0.15) is 5.78 Å². The van der Waals surface area contributed by atoms with Crippen molar-refractivity contribution in [3.8, 4) is 0 Å². The van der Waals surface area contributed by atoms with Gasteiger partial charge in [-0.15, -0.1) is 0 Å². The second-order valence-electron chi connectivity index (χ2n) is 2.90. The Balaban J connectivity index is -0.000000174. The Morgan fingerprint density at radius 1 is 0.765 bits per heavy atom. The van der Waals surface area contributed by atoms with E-state index in [1.54, 1.807) is 20.8 Å². The Morgan fingerprint density at radius 2 is 1.00 bits per heavy atom. The highest BCUT2D eigenvalue weighted by atomic mass is 16.5. The van der Waals surface area contributed by atoms with Crippen molar-refractivity contribution < 1.29 is 23.9 Å². The number of carbonyl (C=O) groups excluding carboxylic acids is 3. The van der Waals surface area contributed by atoms with Gasteiger partial charge in [0.25, 0.3) is 0 Å². The molecule has 17 heavy (non-hydrogen) atoms. The number of esters is 2. The topological polar surface area (TPSA) is 69.7 Å². The average Bonchev–Trinajstić information content (AvgIpc) is 2.19. The Morgan fingerprint density at radius 3 is 1.00 bits per heavy atom. The average molecular weight is 248 g/mol. The second kappa shape index (κ2) is 17.0. The van der Waals surface area contributed by atoms with Crippen molar-refractivity contribution in [2.75, 3.05) is 13.2 Å². The molecule has 0 amide bonds. The SMILES string of the molecule is CCC(C)=O.CCOC(C)=O.CCOC(C)=O. The maximum atomic E-state index is 9.82. The lowest BCUT2D eigenvalue weighted by atomic mass is 10.4. The number of Topliss-reactive ketones (excluding diaryl/α,β-unsaturated/α-hetero) is 1. The van der Waals surface area contributed by atoms with Gasteiger partial charge < -0.3 is 14.3 Å². The highest BCUT2D eigenvalue weighted by Crippen LogP contribution is 1.71. The second-order valence-corrected chi connectivity index (χ2v) is 2.90. The Kier molecular flexibility index (Phi) is 21.0. The minimum Gasteiger partial charge on any atom is -0.466 e. The van der Waals surface area contributed by atoms with Crippen LogP contribution in [-0.2, 0) is 23.9 Å². The molecule has 0 N–H and O–H groups in total. The maximum absolute atomic E-state index is 9.82. The van der Waals surface area contributed by atoms with Crippen LogP contribution < -0.4 is 0 Å². The van der Waals surface area contributed by atoms with E-state index >= 15 is 0 Å². The molecule has 0 atom stereocenters. The third kappa shape index (κ3) is 53.2. The smallest absolute Gasteiger partial charge is 0.302 e. The van der Waals surface area contributed by atoms with Gasteiger partial charge in [0.05, 0.1) is 13.2 Å². The van der Waals surface area contributed by atoms with Crippen LogP contribution in [0.25, 0.3) is 0 Å². The first-order valence-electron chi connectivity index (χ1n) is 5.57. The molecule has 5 nitrogen and oxygen atoms in total. The van der Waals surface area contributed by atoms with E-state index in [0.29, 0.717) is 19.6 Å². The third-order valence-corrected chi connectivity index (χ3v) is 1.19. The molecule has 0 bridgehead atoms. The molecule has 0 aliphatic heterocycles. The number of hydrogen-bond acceptors (Lipinski definition) is 5. The van der Waals surface area contributed by atoms with Gasteiger partial charge in [0.2, 0.25) is 0 Å². The van der Waals surface area contributed by atoms with Crippen molar-refractivity contribution in [3.05, 3.63) is 0 Å². The van der Waals surface area contributed by atoms with Crippen LogP contribution in [0.2, 0.25) is 0 Å². The lowest BCUT2D eigenvalue weighted by molar-refractivity contribution is -0.141. The van der Waals surface area contributed by atoms with E-state index in [1.165, 1.54) is 13.8 Å². The predicted octanol–water partition coefficient (Wildman–Crippen LogP) is 2.12. The van der Waals surface area contributed by atoms with Gasteiger partial charge in [-0.25, -0.2) is 0 Å². The summed E-state index contributed by atoms with van der Waals surface area (Å²) in [5.74, 6) is -0.167. The molecule has 0 heterocycles. The first-order chi connectivity index (χ1) is 7.81. The van der Waals surface area contributed by atoms with Gasteiger partial charge in [-0.3, -0.25) is 9.59 Å². The van der Waals surface area contributed by atoms with E-state index in [0.717, 1.165) is 0 Å². The minimum absolute atomic E-state index is 0.211. The number of ketones is 1. The number of hydrogen-bond donors (Lipinski definition) is 0. The molecule has 0 unspecified atom stereocenters. The van der Waals surface area contributed by atoms with Crippen molar-refractivity contribution in [1.82, 2.24) is 0 Å². The van der Waals surface area contributed by atoms with E-state index < -0.39 is 0 Å². The summed E-state index contributed by atoms with van der Waals surface area (Å²) in [6.45, 7) is 10.7. The third-order valence-electron chi connectivity index (χ3n) is 1.19. The van der Waals surface area contributed by atoms with E-state index in [1.807, 2.05) is 6.92 Å². The zero-order valence-electron chi connectivity index (χ0n) is 11.7. The zero-order valence-corrected chi connectivity index (χ0v) is 11.7. The highest BCUT2D eigenvalue weighted by Gasteiger charge is 1.82. The van der Waals surface area contributed by atoms with Crippen molar-refractivity contribution >= 4 is 17.7 Å². The molecule has 0 rings (SSSR count). The van der Waals surface area contributed by atoms with Crippen LogP contribution in [0.3, 0.4) is 0 Å². The summed E-state index contributed by atoms with van der Waals surface area (Å²) >= 11 is 0. The van der Waals surface area contributed by atoms with E-state index in [-0.39, 0.29) is 17.7 Å². The van der Waals surface area contributed by atoms with Crippen LogP contribution in [0.5, 0.6) is 0 Å². The standard InChI is InChI=1S/2C4H8O2.C4H8O/c2*1-3-6-4(2)5;1-3-4(2)5/h2*3H2,1-2H3;3H2,1-2H3. The lowest BCUT2D eigenvalue weighted by Crippen LogP contribution is -1.95. The largest absolute Gasteiger partial charge is 0.466 e. The molecule has 0 aliphatic rings. The van der Waals surface area contributed by atoms with Crippen LogP contribution in [0, 0.1) is 0 Å². The monoisotopic (exact) mass is 248 g/mol. The molecule has 0 radical (unpaired) electrons. The molecular weight excluding hydrogens is 224 g/mol. The molecule has 0 spiro atoms. The zero-order chi connectivity index (χ0) is 14.3. The molecule has 0 aliphatic carbocycles. The first-order valence-corrected chi connectivity index (χ1v) is 5.57. The van der Waals surface area contributed by atoms with Crippen molar-refractivity contribution in [1.29, 1.82) is 0 Å². The summed E-state index contributed by atoms with van der Waals surface area (Å²) in [6.07, 6.45) is 0.667. The summed E-state index contributed by atoms with van der Waals surface area (Å²) in [5.41, 5.74) is 0. The molecule has 102 valence electrons. The molecule has 0 saturated heterocycles. The van der Waals surface area contributed by atoms with Gasteiger partial charge in [0.15, 0.2) is 0 Å². The highest BCUT2D eigenvalue weighted by molar-refractivity contribution is 5.74. The molecule has 0 fully saturated rings. The number of rotatable bonds is 3. The van der Waals surface area contributed by atoms with Gasteiger partial charge in [-0.2, -0.15) is 0 Å². The van der Waals surface area contributed by atoms with Crippen LogP contribution >= 0.6 is 0 Å². The van der Waals surface area contributed by atoms with Crippen LogP contribution in [0.4, 0.5) is 0 Å². The quantitative estimate of drug-likeness (QED) is 0.715. The Bertz CT molecular complexity index is 195.